The molecule has 2 aliphatic rings. The van der Waals surface area contributed by atoms with Crippen LogP contribution in [0.25, 0.3) is 0 Å². The number of alkyl halides is 3. The van der Waals surface area contributed by atoms with Crippen LogP contribution in [0.2, 0.25) is 0 Å². The molecule has 0 radical (unpaired) electrons. The third-order valence-electron chi connectivity index (χ3n) is 5.00. The van der Waals surface area contributed by atoms with Gasteiger partial charge in [0.15, 0.2) is 0 Å². The molecule has 8 nitrogen and oxygen atoms in total. The van der Waals surface area contributed by atoms with Gasteiger partial charge in [-0.2, -0.15) is 13.2 Å². The van der Waals surface area contributed by atoms with E-state index in [9.17, 15) is 18.0 Å². The molecule has 0 bridgehead atoms. The second-order valence-corrected chi connectivity index (χ2v) is 9.28. The van der Waals surface area contributed by atoms with Crippen molar-refractivity contribution in [3.05, 3.63) is 47.8 Å². The third-order valence-corrected chi connectivity index (χ3v) is 6.58. The van der Waals surface area contributed by atoms with E-state index in [1.54, 1.807) is 17.1 Å². The summed E-state index contributed by atoms with van der Waals surface area (Å²) < 4.78 is 39.8. The predicted molar refractivity (Wildman–Crippen MR) is 110 cm³/mol. The smallest absolute Gasteiger partial charge is 0.475 e. The van der Waals surface area contributed by atoms with Gasteiger partial charge in [0, 0.05) is 37.8 Å². The minimum absolute atomic E-state index is 0.0279. The average Bonchev–Trinajstić information content (AvgIpc) is 3.31. The first kappa shape index (κ1) is 24.1. The number of rotatable bonds is 4. The summed E-state index contributed by atoms with van der Waals surface area (Å²) >= 11 is 1.93. The number of ether oxygens (including phenoxy) is 1. The summed E-state index contributed by atoms with van der Waals surface area (Å²) in [5.74, 6) is -1.75. The Bertz CT molecular complexity index is 976. The fourth-order valence-electron chi connectivity index (χ4n) is 3.49. The molecule has 2 aromatic rings. The van der Waals surface area contributed by atoms with Crippen LogP contribution in [0.3, 0.4) is 0 Å². The zero-order valence-electron chi connectivity index (χ0n) is 17.5. The zero-order valence-corrected chi connectivity index (χ0v) is 18.3. The second kappa shape index (κ2) is 9.49. The second-order valence-electron chi connectivity index (χ2n) is 7.79. The van der Waals surface area contributed by atoms with Crippen molar-refractivity contribution in [3.8, 4) is 0 Å². The molecule has 1 spiro atoms. The van der Waals surface area contributed by atoms with Gasteiger partial charge in [0.2, 0.25) is 0 Å². The van der Waals surface area contributed by atoms with Crippen molar-refractivity contribution in [3.63, 3.8) is 0 Å². The Labute approximate surface area is 186 Å². The number of aliphatic carboxylic acids is 1. The number of carbonyl (C=O) groups excluding carboxylic acids is 1. The molecule has 2 fully saturated rings. The first-order valence-corrected chi connectivity index (χ1v) is 10.7. The lowest BCUT2D eigenvalue weighted by atomic mass is 9.92. The van der Waals surface area contributed by atoms with Crippen molar-refractivity contribution in [2.24, 2.45) is 7.05 Å². The molecule has 0 saturated carbocycles. The first-order chi connectivity index (χ1) is 15.0. The summed E-state index contributed by atoms with van der Waals surface area (Å²) in [7, 11) is 1.87. The molecule has 2 saturated heterocycles. The zero-order chi connectivity index (χ0) is 23.5. The summed E-state index contributed by atoms with van der Waals surface area (Å²) in [5.41, 5.74) is 2.52. The van der Waals surface area contributed by atoms with Gasteiger partial charge in [0.25, 0.3) is 5.91 Å². The van der Waals surface area contributed by atoms with E-state index in [1.807, 2.05) is 48.8 Å². The number of carbonyl (C=O) groups is 2. The van der Waals surface area contributed by atoms with Gasteiger partial charge < -0.3 is 19.3 Å². The molecular formula is C20H23F3N4O4S. The number of hydrogen-bond donors (Lipinski definition) is 1. The molecule has 1 atom stereocenters. The lowest BCUT2D eigenvalue weighted by molar-refractivity contribution is -0.192. The summed E-state index contributed by atoms with van der Waals surface area (Å²) in [6.45, 7) is 4.12. The number of hydrogen-bond acceptors (Lipinski definition) is 6. The lowest BCUT2D eigenvalue weighted by Crippen LogP contribution is -2.60. The molecule has 1 amide bonds. The van der Waals surface area contributed by atoms with Crippen molar-refractivity contribution in [2.75, 3.05) is 18.8 Å². The first-order valence-electron chi connectivity index (χ1n) is 9.73. The highest BCUT2D eigenvalue weighted by molar-refractivity contribution is 8.01. The third kappa shape index (κ3) is 6.00. The number of aromatic nitrogens is 3. The van der Waals surface area contributed by atoms with Crippen LogP contribution in [0, 0.1) is 6.92 Å². The Morgan fingerprint density at radius 2 is 2.03 bits per heavy atom. The highest BCUT2D eigenvalue weighted by atomic mass is 32.2. The molecule has 2 aliphatic heterocycles. The lowest BCUT2D eigenvalue weighted by Gasteiger charge is -2.47. The molecule has 2 aromatic heterocycles. The molecule has 174 valence electrons. The molecule has 1 N–H and O–H groups in total. The van der Waals surface area contributed by atoms with Crippen molar-refractivity contribution >= 4 is 23.6 Å². The monoisotopic (exact) mass is 472 g/mol. The molecule has 32 heavy (non-hydrogen) atoms. The number of carboxylic acids is 1. The van der Waals surface area contributed by atoms with Crippen LogP contribution in [0.15, 0.2) is 30.7 Å². The number of amides is 1. The Hall–Kier alpha value is -2.60. The SMILES string of the molecule is Cc1cccc(COC2CSC3(C2)CN(C(=O)c2cn(C)cn2)C3)n1.O=C(O)C(F)(F)F. The molecule has 1 unspecified atom stereocenters. The van der Waals surface area contributed by atoms with Crippen molar-refractivity contribution < 1.29 is 32.6 Å². The van der Waals surface area contributed by atoms with Gasteiger partial charge in [-0.25, -0.2) is 9.78 Å². The molecule has 4 heterocycles. The van der Waals surface area contributed by atoms with Gasteiger partial charge in [-0.05, 0) is 25.5 Å². The Kier molecular flexibility index (Phi) is 7.13. The summed E-state index contributed by atoms with van der Waals surface area (Å²) in [5, 5.41) is 7.12. The van der Waals surface area contributed by atoms with Crippen molar-refractivity contribution in [2.45, 2.75) is 37.0 Å². The maximum atomic E-state index is 12.4. The van der Waals surface area contributed by atoms with E-state index in [0.29, 0.717) is 12.3 Å². The standard InChI is InChI=1S/C18H22N4O2S.C2HF3O2/c1-13-4-3-5-14(20-13)8-24-15-6-18(25-9-15)10-22(11-18)17(23)16-7-21(2)12-19-16;3-2(4,5)1(6)7/h3-5,7,12,15H,6,8-11H2,1-2H3;(H,6,7). The van der Waals surface area contributed by atoms with Crippen LogP contribution in [-0.2, 0) is 23.2 Å². The fourth-order valence-corrected chi connectivity index (χ4v) is 5.04. The van der Waals surface area contributed by atoms with E-state index < -0.39 is 12.1 Å². The minimum atomic E-state index is -5.08. The highest BCUT2D eigenvalue weighted by Gasteiger charge is 2.51. The molecule has 0 aliphatic carbocycles. The van der Waals surface area contributed by atoms with E-state index in [0.717, 1.165) is 36.7 Å². The number of thioether (sulfide) groups is 1. The van der Waals surface area contributed by atoms with Crippen molar-refractivity contribution in [1.29, 1.82) is 0 Å². The van der Waals surface area contributed by atoms with Crippen LogP contribution < -0.4 is 0 Å². The normalized spacial score (nSPS) is 19.3. The van der Waals surface area contributed by atoms with Crippen LogP contribution in [-0.4, -0.2) is 72.3 Å². The molecule has 12 heteroatoms. The van der Waals surface area contributed by atoms with Crippen LogP contribution in [0.4, 0.5) is 13.2 Å². The molecule has 0 aromatic carbocycles. The Balaban J connectivity index is 0.000000360. The van der Waals surface area contributed by atoms with E-state index in [-0.39, 0.29) is 16.8 Å². The maximum absolute atomic E-state index is 12.4. The number of carboxylic acid groups (broad SMARTS) is 1. The van der Waals surface area contributed by atoms with Crippen LogP contribution in [0.1, 0.15) is 28.3 Å². The highest BCUT2D eigenvalue weighted by Crippen LogP contribution is 2.46. The van der Waals surface area contributed by atoms with Crippen molar-refractivity contribution in [1.82, 2.24) is 19.4 Å². The predicted octanol–water partition coefficient (Wildman–Crippen LogP) is 2.67. The minimum Gasteiger partial charge on any atom is -0.475 e. The quantitative estimate of drug-likeness (QED) is 0.731. The van der Waals surface area contributed by atoms with E-state index in [2.05, 4.69) is 9.97 Å². The topological polar surface area (TPSA) is 97.5 Å². The Morgan fingerprint density at radius 1 is 1.34 bits per heavy atom. The summed E-state index contributed by atoms with van der Waals surface area (Å²) in [6.07, 6.45) is -0.416. The number of aryl methyl sites for hydroxylation is 2. The number of imidazole rings is 1. The summed E-state index contributed by atoms with van der Waals surface area (Å²) in [6, 6.07) is 6.01. The number of nitrogens with zero attached hydrogens (tertiary/aromatic N) is 4. The maximum Gasteiger partial charge on any atom is 0.490 e. The number of pyridine rings is 1. The van der Waals surface area contributed by atoms with E-state index in [1.165, 1.54) is 0 Å². The number of likely N-dealkylation sites (tertiary alicyclic amines) is 1. The van der Waals surface area contributed by atoms with Gasteiger partial charge in [0.05, 0.1) is 29.5 Å². The molecular weight excluding hydrogens is 449 g/mol. The van der Waals surface area contributed by atoms with E-state index >= 15 is 0 Å². The van der Waals surface area contributed by atoms with Gasteiger partial charge >= 0.3 is 12.1 Å². The Morgan fingerprint density at radius 3 is 2.59 bits per heavy atom. The van der Waals surface area contributed by atoms with Gasteiger partial charge in [0.1, 0.15) is 5.69 Å². The summed E-state index contributed by atoms with van der Waals surface area (Å²) in [4.78, 5) is 31.8. The fraction of sp³-hybridized carbons (Fsp3) is 0.500. The molecule has 4 rings (SSSR count). The van der Waals surface area contributed by atoms with Gasteiger partial charge in [-0.3, -0.25) is 9.78 Å². The largest absolute Gasteiger partial charge is 0.490 e. The van der Waals surface area contributed by atoms with Crippen LogP contribution in [0.5, 0.6) is 0 Å². The van der Waals surface area contributed by atoms with Gasteiger partial charge in [-0.1, -0.05) is 6.07 Å². The van der Waals surface area contributed by atoms with Crippen LogP contribution >= 0.6 is 11.8 Å². The van der Waals surface area contributed by atoms with E-state index in [4.69, 9.17) is 14.6 Å². The number of halogens is 3. The average molecular weight is 472 g/mol. The van der Waals surface area contributed by atoms with Gasteiger partial charge in [-0.15, -0.1) is 11.8 Å².